The second-order valence-electron chi connectivity index (χ2n) is 5.38. The average molecular weight is 277 g/mol. The molecule has 0 aromatic heterocycles. The van der Waals surface area contributed by atoms with E-state index >= 15 is 0 Å². The van der Waals surface area contributed by atoms with Crippen LogP contribution in [0.2, 0.25) is 0 Å². The van der Waals surface area contributed by atoms with Crippen molar-refractivity contribution in [1.29, 1.82) is 0 Å². The maximum atomic E-state index is 12.2. The molecule has 0 fully saturated rings. The van der Waals surface area contributed by atoms with Crippen molar-refractivity contribution in [2.45, 2.75) is 45.6 Å². The number of ether oxygens (including phenoxy) is 1. The monoisotopic (exact) mass is 277 g/mol. The van der Waals surface area contributed by atoms with E-state index < -0.39 is 12.1 Å². The van der Waals surface area contributed by atoms with Crippen molar-refractivity contribution < 1.29 is 19.1 Å². The normalized spacial score (nSPS) is 20.0. The Morgan fingerprint density at radius 1 is 1.25 bits per heavy atom. The van der Waals surface area contributed by atoms with E-state index in [4.69, 9.17) is 4.74 Å². The van der Waals surface area contributed by atoms with Gasteiger partial charge in [0.2, 0.25) is 0 Å². The maximum absolute atomic E-state index is 12.2. The molecule has 0 saturated carbocycles. The van der Waals surface area contributed by atoms with Crippen molar-refractivity contribution in [2.75, 3.05) is 6.54 Å². The van der Waals surface area contributed by atoms with E-state index in [2.05, 4.69) is 6.58 Å². The van der Waals surface area contributed by atoms with E-state index in [9.17, 15) is 14.4 Å². The summed E-state index contributed by atoms with van der Waals surface area (Å²) in [5, 5.41) is 0. The first-order valence-corrected chi connectivity index (χ1v) is 6.86. The maximum Gasteiger partial charge on any atom is 0.333 e. The highest BCUT2D eigenvalue weighted by Gasteiger charge is 2.39. The molecule has 108 valence electrons. The van der Waals surface area contributed by atoms with Crippen molar-refractivity contribution in [3.05, 3.63) is 23.3 Å². The third kappa shape index (κ3) is 2.66. The summed E-state index contributed by atoms with van der Waals surface area (Å²) in [6.07, 6.45) is 2.72. The van der Waals surface area contributed by atoms with Crippen molar-refractivity contribution in [3.8, 4) is 0 Å². The smallest absolute Gasteiger partial charge is 0.333 e. The lowest BCUT2D eigenvalue weighted by Gasteiger charge is -2.20. The predicted octanol–water partition coefficient (Wildman–Crippen LogP) is 1.73. The fourth-order valence-corrected chi connectivity index (χ4v) is 2.54. The highest BCUT2D eigenvalue weighted by molar-refractivity contribution is 6.19. The van der Waals surface area contributed by atoms with Crippen LogP contribution in [0.4, 0.5) is 0 Å². The number of rotatable bonds is 4. The quantitative estimate of drug-likeness (QED) is 0.446. The second kappa shape index (κ2) is 5.61. The molecule has 2 rings (SSSR count). The summed E-state index contributed by atoms with van der Waals surface area (Å²) in [6, 6.07) is 0. The van der Waals surface area contributed by atoms with Crippen LogP contribution < -0.4 is 0 Å². The number of amides is 2. The number of carbonyl (C=O) groups is 3. The molecule has 0 N–H and O–H groups in total. The van der Waals surface area contributed by atoms with Crippen LogP contribution in [0.3, 0.4) is 0 Å². The molecule has 1 atom stereocenters. The number of esters is 1. The van der Waals surface area contributed by atoms with Crippen LogP contribution in [0.25, 0.3) is 0 Å². The van der Waals surface area contributed by atoms with Gasteiger partial charge in [0.05, 0.1) is 6.54 Å². The predicted molar refractivity (Wildman–Crippen MR) is 72.6 cm³/mol. The fourth-order valence-electron chi connectivity index (χ4n) is 2.54. The van der Waals surface area contributed by atoms with E-state index in [0.29, 0.717) is 29.6 Å². The lowest BCUT2D eigenvalue weighted by molar-refractivity contribution is -0.149. The molecule has 1 unspecified atom stereocenters. The van der Waals surface area contributed by atoms with E-state index in [1.54, 1.807) is 13.8 Å². The number of hydrogen-bond donors (Lipinski definition) is 0. The van der Waals surface area contributed by atoms with Crippen LogP contribution in [0, 0.1) is 0 Å². The standard InChI is InChI=1S/C15H19NO4/c1-9(2)15(19)20-10(3)8-16-13(17)11-6-4-5-7-12(11)14(16)18/h10H,1,4-8H2,2-3H3. The SMILES string of the molecule is C=C(C)C(=O)OC(C)CN1C(=O)C2=C(CCCC2)C1=O. The Kier molecular flexibility index (Phi) is 4.06. The van der Waals surface area contributed by atoms with Gasteiger partial charge in [-0.15, -0.1) is 0 Å². The molecule has 5 heteroatoms. The summed E-state index contributed by atoms with van der Waals surface area (Å²) < 4.78 is 5.12. The van der Waals surface area contributed by atoms with Crippen LogP contribution in [0.5, 0.6) is 0 Å². The molecule has 0 aromatic carbocycles. The summed E-state index contributed by atoms with van der Waals surface area (Å²) in [5.74, 6) is -0.944. The third-order valence-electron chi connectivity index (χ3n) is 3.57. The zero-order valence-electron chi connectivity index (χ0n) is 11.9. The van der Waals surface area contributed by atoms with E-state index in [-0.39, 0.29) is 18.4 Å². The van der Waals surface area contributed by atoms with Gasteiger partial charge in [0, 0.05) is 16.7 Å². The van der Waals surface area contributed by atoms with E-state index in [0.717, 1.165) is 12.8 Å². The second-order valence-corrected chi connectivity index (χ2v) is 5.38. The Morgan fingerprint density at radius 3 is 2.20 bits per heavy atom. The Bertz CT molecular complexity index is 490. The molecule has 1 heterocycles. The molecule has 1 aliphatic carbocycles. The highest BCUT2D eigenvalue weighted by Crippen LogP contribution is 2.32. The molecule has 20 heavy (non-hydrogen) atoms. The Hall–Kier alpha value is -1.91. The minimum absolute atomic E-state index is 0.101. The molecule has 0 spiro atoms. The number of hydrogen-bond acceptors (Lipinski definition) is 4. The highest BCUT2D eigenvalue weighted by atomic mass is 16.5. The topological polar surface area (TPSA) is 63.7 Å². The van der Waals surface area contributed by atoms with Crippen molar-refractivity contribution in [1.82, 2.24) is 4.90 Å². The van der Waals surface area contributed by atoms with Crippen molar-refractivity contribution in [2.24, 2.45) is 0 Å². The van der Waals surface area contributed by atoms with Crippen molar-refractivity contribution in [3.63, 3.8) is 0 Å². The third-order valence-corrected chi connectivity index (χ3v) is 3.57. The minimum Gasteiger partial charge on any atom is -0.457 e. The first-order valence-electron chi connectivity index (χ1n) is 6.86. The summed E-state index contributed by atoms with van der Waals surface area (Å²) in [4.78, 5) is 37.0. The molecule has 0 aromatic rings. The summed E-state index contributed by atoms with van der Waals surface area (Å²) >= 11 is 0. The Balaban J connectivity index is 2.01. The Labute approximate surface area is 118 Å². The van der Waals surface area contributed by atoms with Crippen LogP contribution in [-0.2, 0) is 19.1 Å². The molecular formula is C15H19NO4. The molecule has 2 aliphatic rings. The van der Waals surface area contributed by atoms with Gasteiger partial charge in [-0.25, -0.2) is 4.79 Å². The molecule has 0 radical (unpaired) electrons. The van der Waals surface area contributed by atoms with E-state index in [1.807, 2.05) is 0 Å². The van der Waals surface area contributed by atoms with Gasteiger partial charge >= 0.3 is 5.97 Å². The summed E-state index contributed by atoms with van der Waals surface area (Å²) in [6.45, 7) is 6.82. The number of nitrogens with zero attached hydrogens (tertiary/aromatic N) is 1. The van der Waals surface area contributed by atoms with Crippen LogP contribution in [0.1, 0.15) is 39.5 Å². The first kappa shape index (κ1) is 14.5. The van der Waals surface area contributed by atoms with Gasteiger partial charge < -0.3 is 4.74 Å². The van der Waals surface area contributed by atoms with E-state index in [1.165, 1.54) is 4.90 Å². The minimum atomic E-state index is -0.534. The van der Waals surface area contributed by atoms with Gasteiger partial charge in [-0.2, -0.15) is 0 Å². The van der Waals surface area contributed by atoms with Crippen molar-refractivity contribution >= 4 is 17.8 Å². The molecule has 1 aliphatic heterocycles. The average Bonchev–Trinajstić information content (AvgIpc) is 2.64. The molecule has 2 amide bonds. The Morgan fingerprint density at radius 2 is 1.75 bits per heavy atom. The van der Waals surface area contributed by atoms with Crippen LogP contribution >= 0.6 is 0 Å². The van der Waals surface area contributed by atoms with Crippen LogP contribution in [-0.4, -0.2) is 35.3 Å². The lowest BCUT2D eigenvalue weighted by atomic mass is 9.93. The first-order chi connectivity index (χ1) is 9.41. The zero-order chi connectivity index (χ0) is 14.9. The molecule has 5 nitrogen and oxygen atoms in total. The van der Waals surface area contributed by atoms with Gasteiger partial charge in [0.25, 0.3) is 11.8 Å². The molecule has 0 saturated heterocycles. The van der Waals surface area contributed by atoms with Gasteiger partial charge in [0.1, 0.15) is 6.10 Å². The fraction of sp³-hybridized carbons (Fsp3) is 0.533. The van der Waals surface area contributed by atoms with Gasteiger partial charge in [-0.3, -0.25) is 14.5 Å². The summed E-state index contributed by atoms with van der Waals surface area (Å²) in [5.41, 5.74) is 1.60. The van der Waals surface area contributed by atoms with Crippen LogP contribution in [0.15, 0.2) is 23.3 Å². The zero-order valence-corrected chi connectivity index (χ0v) is 11.9. The molecule has 0 bridgehead atoms. The largest absolute Gasteiger partial charge is 0.457 e. The number of carbonyl (C=O) groups excluding carboxylic acids is 3. The summed E-state index contributed by atoms with van der Waals surface area (Å²) in [7, 11) is 0. The van der Waals surface area contributed by atoms with Gasteiger partial charge in [-0.05, 0) is 39.5 Å². The molecular weight excluding hydrogens is 258 g/mol. The van der Waals surface area contributed by atoms with Gasteiger partial charge in [-0.1, -0.05) is 6.58 Å². The lowest BCUT2D eigenvalue weighted by Crippen LogP contribution is -2.39. The van der Waals surface area contributed by atoms with Gasteiger partial charge in [0.15, 0.2) is 0 Å². The number of imide groups is 1.